The number of thiocarbonyl (C=S) groups is 1. The molecule has 0 unspecified atom stereocenters. The second-order valence-corrected chi connectivity index (χ2v) is 7.49. The molecule has 9 heteroatoms. The number of oxazole rings is 1. The zero-order valence-electron chi connectivity index (χ0n) is 16.0. The second kappa shape index (κ2) is 8.41. The van der Waals surface area contributed by atoms with E-state index in [2.05, 4.69) is 15.6 Å². The van der Waals surface area contributed by atoms with Crippen LogP contribution in [0.5, 0.6) is 0 Å². The van der Waals surface area contributed by atoms with E-state index in [9.17, 15) is 13.6 Å². The molecule has 1 aromatic heterocycles. The van der Waals surface area contributed by atoms with Crippen molar-refractivity contribution in [2.45, 2.75) is 6.92 Å². The second-order valence-electron chi connectivity index (χ2n) is 6.67. The van der Waals surface area contributed by atoms with Crippen LogP contribution in [0.1, 0.15) is 15.9 Å². The van der Waals surface area contributed by atoms with Gasteiger partial charge in [0.15, 0.2) is 22.3 Å². The van der Waals surface area contributed by atoms with Crippen LogP contribution in [0.25, 0.3) is 22.6 Å². The number of amides is 1. The molecule has 156 valence electrons. The van der Waals surface area contributed by atoms with E-state index in [4.69, 9.17) is 28.2 Å². The molecule has 0 aliphatic heterocycles. The molecular formula is C22H14ClF2N3O2S. The largest absolute Gasteiger partial charge is 0.436 e. The lowest BCUT2D eigenvalue weighted by atomic mass is 10.1. The number of hydrogen-bond acceptors (Lipinski definition) is 4. The van der Waals surface area contributed by atoms with Crippen molar-refractivity contribution in [2.24, 2.45) is 0 Å². The van der Waals surface area contributed by atoms with Gasteiger partial charge in [-0.15, -0.1) is 0 Å². The summed E-state index contributed by atoms with van der Waals surface area (Å²) < 4.78 is 32.5. The van der Waals surface area contributed by atoms with Crippen molar-refractivity contribution in [2.75, 3.05) is 5.32 Å². The summed E-state index contributed by atoms with van der Waals surface area (Å²) in [5, 5.41) is 5.63. The third-order valence-corrected chi connectivity index (χ3v) is 5.02. The quantitative estimate of drug-likeness (QED) is 0.298. The zero-order valence-corrected chi connectivity index (χ0v) is 17.6. The van der Waals surface area contributed by atoms with E-state index < -0.39 is 11.6 Å². The van der Waals surface area contributed by atoms with Gasteiger partial charge in [0.05, 0.1) is 10.6 Å². The van der Waals surface area contributed by atoms with E-state index in [1.165, 1.54) is 0 Å². The zero-order chi connectivity index (χ0) is 22.1. The Labute approximate surface area is 186 Å². The average Bonchev–Trinajstić information content (AvgIpc) is 3.14. The number of halogens is 3. The van der Waals surface area contributed by atoms with Crippen LogP contribution in [0, 0.1) is 18.6 Å². The van der Waals surface area contributed by atoms with E-state index >= 15 is 0 Å². The van der Waals surface area contributed by atoms with E-state index in [0.717, 1.165) is 17.7 Å². The highest BCUT2D eigenvalue weighted by atomic mass is 35.5. The van der Waals surface area contributed by atoms with Crippen LogP contribution in [0.2, 0.25) is 5.02 Å². The summed E-state index contributed by atoms with van der Waals surface area (Å²) in [6, 6.07) is 13.9. The minimum atomic E-state index is -1.06. The van der Waals surface area contributed by atoms with Gasteiger partial charge in [-0.3, -0.25) is 10.1 Å². The molecule has 0 saturated carbocycles. The average molecular weight is 458 g/mol. The Morgan fingerprint density at radius 2 is 1.84 bits per heavy atom. The van der Waals surface area contributed by atoms with Crippen LogP contribution < -0.4 is 10.6 Å². The number of fused-ring (bicyclic) bond motifs is 1. The number of carbonyl (C=O) groups is 1. The first-order valence-corrected chi connectivity index (χ1v) is 9.84. The fourth-order valence-corrected chi connectivity index (χ4v) is 3.41. The first kappa shape index (κ1) is 20.9. The van der Waals surface area contributed by atoms with Gasteiger partial charge in [-0.25, -0.2) is 13.8 Å². The van der Waals surface area contributed by atoms with Gasteiger partial charge in [0.1, 0.15) is 5.52 Å². The molecule has 4 rings (SSSR count). The molecule has 0 saturated heterocycles. The van der Waals surface area contributed by atoms with E-state index in [-0.39, 0.29) is 27.5 Å². The standard InChI is InChI=1S/C22H14ClF2N3O2S/c1-11-4-2-3-5-13(11)20(29)28-22(31)26-12-6-7-19-18(8-12)27-21(30-19)14-9-16(24)17(25)10-15(14)23/h2-10H,1H3,(H2,26,28,29,31). The van der Waals surface area contributed by atoms with Crippen LogP contribution in [-0.4, -0.2) is 16.0 Å². The third kappa shape index (κ3) is 4.40. The highest BCUT2D eigenvalue weighted by Crippen LogP contribution is 2.32. The maximum absolute atomic E-state index is 13.6. The predicted octanol–water partition coefficient (Wildman–Crippen LogP) is 5.86. The van der Waals surface area contributed by atoms with Crippen molar-refractivity contribution >= 4 is 51.6 Å². The van der Waals surface area contributed by atoms with Crippen molar-refractivity contribution in [3.63, 3.8) is 0 Å². The molecule has 0 aliphatic carbocycles. The molecule has 2 N–H and O–H groups in total. The Balaban J connectivity index is 1.53. The van der Waals surface area contributed by atoms with Gasteiger partial charge in [0.25, 0.3) is 5.91 Å². The van der Waals surface area contributed by atoms with Crippen LogP contribution >= 0.6 is 23.8 Å². The fraction of sp³-hybridized carbons (Fsp3) is 0.0455. The molecule has 0 spiro atoms. The predicted molar refractivity (Wildman–Crippen MR) is 119 cm³/mol. The SMILES string of the molecule is Cc1ccccc1C(=O)NC(=S)Nc1ccc2oc(-c3cc(F)c(F)cc3Cl)nc2c1. The first-order chi connectivity index (χ1) is 14.8. The Kier molecular flexibility index (Phi) is 5.67. The maximum Gasteiger partial charge on any atom is 0.257 e. The molecule has 0 bridgehead atoms. The number of nitrogens with one attached hydrogen (secondary N) is 2. The number of anilines is 1. The highest BCUT2D eigenvalue weighted by molar-refractivity contribution is 7.80. The van der Waals surface area contributed by atoms with Gasteiger partial charge in [0.2, 0.25) is 5.89 Å². The van der Waals surface area contributed by atoms with Crippen LogP contribution in [0.15, 0.2) is 59.0 Å². The molecule has 5 nitrogen and oxygen atoms in total. The van der Waals surface area contributed by atoms with Gasteiger partial charge in [-0.05, 0) is 61.1 Å². The van der Waals surface area contributed by atoms with Crippen molar-refractivity contribution in [1.29, 1.82) is 0 Å². The molecule has 0 fully saturated rings. The summed E-state index contributed by atoms with van der Waals surface area (Å²) in [5.41, 5.74) is 2.89. The lowest BCUT2D eigenvalue weighted by molar-refractivity contribution is 0.0977. The minimum Gasteiger partial charge on any atom is -0.436 e. The lowest BCUT2D eigenvalue weighted by Gasteiger charge is -2.10. The van der Waals surface area contributed by atoms with Gasteiger partial charge in [-0.2, -0.15) is 0 Å². The Morgan fingerprint density at radius 3 is 2.61 bits per heavy atom. The van der Waals surface area contributed by atoms with Gasteiger partial charge in [-0.1, -0.05) is 29.8 Å². The molecule has 31 heavy (non-hydrogen) atoms. The number of benzene rings is 3. The first-order valence-electron chi connectivity index (χ1n) is 9.05. The summed E-state index contributed by atoms with van der Waals surface area (Å²) >= 11 is 11.2. The fourth-order valence-electron chi connectivity index (χ4n) is 2.97. The van der Waals surface area contributed by atoms with E-state index in [0.29, 0.717) is 22.4 Å². The number of aryl methyl sites for hydroxylation is 1. The summed E-state index contributed by atoms with van der Waals surface area (Å²) in [6.45, 7) is 1.83. The number of hydrogen-bond donors (Lipinski definition) is 2. The Hall–Kier alpha value is -3.36. The van der Waals surface area contributed by atoms with Crippen LogP contribution in [0.3, 0.4) is 0 Å². The number of aromatic nitrogens is 1. The Morgan fingerprint density at radius 1 is 1.10 bits per heavy atom. The molecule has 0 aliphatic rings. The summed E-state index contributed by atoms with van der Waals surface area (Å²) in [6.07, 6.45) is 0. The lowest BCUT2D eigenvalue weighted by Crippen LogP contribution is -2.34. The Bertz CT molecular complexity index is 1340. The maximum atomic E-state index is 13.6. The van der Waals surface area contributed by atoms with Crippen LogP contribution in [-0.2, 0) is 0 Å². The molecular weight excluding hydrogens is 444 g/mol. The van der Waals surface area contributed by atoms with Crippen molar-refractivity contribution < 1.29 is 18.0 Å². The van der Waals surface area contributed by atoms with Crippen LogP contribution in [0.4, 0.5) is 14.5 Å². The third-order valence-electron chi connectivity index (χ3n) is 4.50. The van der Waals surface area contributed by atoms with Crippen molar-refractivity contribution in [1.82, 2.24) is 10.3 Å². The topological polar surface area (TPSA) is 67.2 Å². The molecule has 1 heterocycles. The van der Waals surface area contributed by atoms with E-state index in [1.54, 1.807) is 30.3 Å². The molecule has 3 aromatic carbocycles. The van der Waals surface area contributed by atoms with Crippen molar-refractivity contribution in [3.05, 3.63) is 82.4 Å². The van der Waals surface area contributed by atoms with Gasteiger partial charge < -0.3 is 9.73 Å². The summed E-state index contributed by atoms with van der Waals surface area (Å²) in [7, 11) is 0. The molecule has 0 radical (unpaired) electrons. The molecule has 1 amide bonds. The van der Waals surface area contributed by atoms with Crippen molar-refractivity contribution in [3.8, 4) is 11.5 Å². The summed E-state index contributed by atoms with van der Waals surface area (Å²) in [4.78, 5) is 16.7. The van der Waals surface area contributed by atoms with E-state index in [1.807, 2.05) is 19.1 Å². The monoisotopic (exact) mass is 457 g/mol. The number of carbonyl (C=O) groups excluding carboxylic acids is 1. The summed E-state index contributed by atoms with van der Waals surface area (Å²) in [5.74, 6) is -2.39. The normalized spacial score (nSPS) is 10.8. The van der Waals surface area contributed by atoms with Gasteiger partial charge >= 0.3 is 0 Å². The highest BCUT2D eigenvalue weighted by Gasteiger charge is 2.16. The molecule has 0 atom stereocenters. The number of rotatable bonds is 3. The number of nitrogens with zero attached hydrogens (tertiary/aromatic N) is 1. The smallest absolute Gasteiger partial charge is 0.257 e. The minimum absolute atomic E-state index is 0.0242. The van der Waals surface area contributed by atoms with Gasteiger partial charge in [0, 0.05) is 11.3 Å². The molecule has 4 aromatic rings.